The summed E-state index contributed by atoms with van der Waals surface area (Å²) in [5.41, 5.74) is 7.01. The van der Waals surface area contributed by atoms with Gasteiger partial charge in [-0.3, -0.25) is 0 Å². The Balaban J connectivity index is 2.01. The minimum absolute atomic E-state index is 0.609. The van der Waals surface area contributed by atoms with E-state index in [1.807, 2.05) is 0 Å². The Morgan fingerprint density at radius 2 is 1.93 bits per heavy atom. The molecule has 1 aliphatic carbocycles. The fraction of sp³-hybridized carbons (Fsp3) is 0.500. The van der Waals surface area contributed by atoms with Crippen LogP contribution in [0.4, 0.5) is 5.69 Å². The first-order valence-corrected chi connectivity index (χ1v) is 6.29. The second-order valence-corrected chi connectivity index (χ2v) is 5.09. The van der Waals surface area contributed by atoms with Crippen LogP contribution in [0.25, 0.3) is 0 Å². The third-order valence-corrected chi connectivity index (χ3v) is 3.64. The van der Waals surface area contributed by atoms with Crippen molar-refractivity contribution in [2.24, 2.45) is 11.7 Å². The van der Waals surface area contributed by atoms with Gasteiger partial charge in [-0.2, -0.15) is 0 Å². The molecule has 15 heavy (non-hydrogen) atoms. The minimum atomic E-state index is 0.609. The lowest BCUT2D eigenvalue weighted by atomic mass is 9.85. The largest absolute Gasteiger partial charge is 0.359 e. The summed E-state index contributed by atoms with van der Waals surface area (Å²) < 4.78 is 1.12. The topological polar surface area (TPSA) is 29.3 Å². The van der Waals surface area contributed by atoms with Crippen LogP contribution < -0.4 is 10.6 Å². The first-order valence-electron chi connectivity index (χ1n) is 5.50. The third kappa shape index (κ3) is 2.73. The molecule has 0 saturated heterocycles. The average molecular weight is 269 g/mol. The van der Waals surface area contributed by atoms with Gasteiger partial charge >= 0.3 is 0 Å². The van der Waals surface area contributed by atoms with Crippen LogP contribution in [0, 0.1) is 5.92 Å². The van der Waals surface area contributed by atoms with Gasteiger partial charge < -0.3 is 10.6 Å². The smallest absolute Gasteiger partial charge is 0.0657 e. The Labute approximate surface area is 99.6 Å². The van der Waals surface area contributed by atoms with Crippen molar-refractivity contribution in [3.8, 4) is 0 Å². The lowest BCUT2D eigenvalue weighted by Gasteiger charge is -2.32. The molecule has 82 valence electrons. The zero-order valence-corrected chi connectivity index (χ0v) is 10.4. The zero-order chi connectivity index (χ0) is 10.7. The number of benzene rings is 1. The second kappa shape index (κ2) is 4.99. The van der Waals surface area contributed by atoms with E-state index >= 15 is 0 Å². The molecule has 0 radical (unpaired) electrons. The number of nitrogens with two attached hydrogens (primary N) is 1. The van der Waals surface area contributed by atoms with Crippen LogP contribution in [0.15, 0.2) is 28.7 Å². The summed E-state index contributed by atoms with van der Waals surface area (Å²) in [5.74, 6) is 0.859. The standard InChI is InChI=1S/C12H17BrN2/c13-11-4-6-12(7-5-11)15(9-14)8-10-2-1-3-10/h4-7,10H,1-3,8-9,14H2. The van der Waals surface area contributed by atoms with Crippen molar-refractivity contribution in [3.05, 3.63) is 28.7 Å². The number of halogens is 1. The van der Waals surface area contributed by atoms with Crippen molar-refractivity contribution in [1.82, 2.24) is 0 Å². The molecule has 1 aliphatic rings. The van der Waals surface area contributed by atoms with E-state index in [0.717, 1.165) is 16.9 Å². The highest BCUT2D eigenvalue weighted by Crippen LogP contribution is 2.28. The van der Waals surface area contributed by atoms with Crippen molar-refractivity contribution in [2.75, 3.05) is 18.1 Å². The van der Waals surface area contributed by atoms with Crippen LogP contribution >= 0.6 is 15.9 Å². The molecular formula is C12H17BrN2. The van der Waals surface area contributed by atoms with Gasteiger partial charge in [0.25, 0.3) is 0 Å². The highest BCUT2D eigenvalue weighted by molar-refractivity contribution is 9.10. The molecule has 1 fully saturated rings. The van der Waals surface area contributed by atoms with E-state index in [9.17, 15) is 0 Å². The number of rotatable bonds is 4. The molecule has 1 saturated carbocycles. The predicted molar refractivity (Wildman–Crippen MR) is 67.9 cm³/mol. The summed E-state index contributed by atoms with van der Waals surface area (Å²) in [6, 6.07) is 8.38. The van der Waals surface area contributed by atoms with Gasteiger partial charge in [-0.15, -0.1) is 0 Å². The van der Waals surface area contributed by atoms with E-state index in [-0.39, 0.29) is 0 Å². The molecule has 0 atom stereocenters. The summed E-state index contributed by atoms with van der Waals surface area (Å²) in [7, 11) is 0. The lowest BCUT2D eigenvalue weighted by molar-refractivity contribution is 0.318. The maximum atomic E-state index is 5.78. The van der Waals surface area contributed by atoms with E-state index in [1.54, 1.807) is 0 Å². The first kappa shape index (κ1) is 11.0. The number of nitrogens with zero attached hydrogens (tertiary/aromatic N) is 1. The van der Waals surface area contributed by atoms with Crippen molar-refractivity contribution in [3.63, 3.8) is 0 Å². The van der Waals surface area contributed by atoms with Gasteiger partial charge in [-0.25, -0.2) is 0 Å². The molecule has 0 aliphatic heterocycles. The Morgan fingerprint density at radius 3 is 2.40 bits per heavy atom. The molecule has 0 spiro atoms. The second-order valence-electron chi connectivity index (χ2n) is 4.18. The highest BCUT2D eigenvalue weighted by atomic mass is 79.9. The number of hydrogen-bond donors (Lipinski definition) is 1. The van der Waals surface area contributed by atoms with Gasteiger partial charge in [0.1, 0.15) is 0 Å². The van der Waals surface area contributed by atoms with Gasteiger partial charge in [0.15, 0.2) is 0 Å². The Morgan fingerprint density at radius 1 is 1.27 bits per heavy atom. The monoisotopic (exact) mass is 268 g/mol. The third-order valence-electron chi connectivity index (χ3n) is 3.12. The Kier molecular flexibility index (Phi) is 3.65. The molecule has 0 bridgehead atoms. The van der Waals surface area contributed by atoms with Crippen LogP contribution in [0.2, 0.25) is 0 Å². The van der Waals surface area contributed by atoms with Crippen molar-refractivity contribution in [1.29, 1.82) is 0 Å². The summed E-state index contributed by atoms with van der Waals surface area (Å²) in [6.45, 7) is 1.72. The highest BCUT2D eigenvalue weighted by Gasteiger charge is 2.20. The van der Waals surface area contributed by atoms with E-state index in [0.29, 0.717) is 6.67 Å². The summed E-state index contributed by atoms with van der Waals surface area (Å²) in [4.78, 5) is 2.26. The normalized spacial score (nSPS) is 16.1. The first-order chi connectivity index (χ1) is 7.29. The molecule has 0 amide bonds. The van der Waals surface area contributed by atoms with Gasteiger partial charge in [0.05, 0.1) is 6.67 Å². The molecule has 0 unspecified atom stereocenters. The van der Waals surface area contributed by atoms with Gasteiger partial charge in [0, 0.05) is 16.7 Å². The van der Waals surface area contributed by atoms with Crippen molar-refractivity contribution in [2.45, 2.75) is 19.3 Å². The lowest BCUT2D eigenvalue weighted by Crippen LogP contribution is -2.36. The molecule has 2 N–H and O–H groups in total. The summed E-state index contributed by atoms with van der Waals surface area (Å²) in [5, 5.41) is 0. The predicted octanol–water partition coefficient (Wildman–Crippen LogP) is 2.97. The molecule has 2 nitrogen and oxygen atoms in total. The molecule has 0 aromatic heterocycles. The van der Waals surface area contributed by atoms with E-state index < -0.39 is 0 Å². The van der Waals surface area contributed by atoms with Crippen LogP contribution in [0.1, 0.15) is 19.3 Å². The van der Waals surface area contributed by atoms with E-state index in [2.05, 4.69) is 45.1 Å². The van der Waals surface area contributed by atoms with E-state index in [1.165, 1.54) is 24.9 Å². The summed E-state index contributed by atoms with van der Waals surface area (Å²) in [6.07, 6.45) is 4.13. The van der Waals surface area contributed by atoms with Crippen LogP contribution in [-0.4, -0.2) is 13.2 Å². The number of hydrogen-bond acceptors (Lipinski definition) is 2. The molecule has 1 aromatic carbocycles. The fourth-order valence-corrected chi connectivity index (χ4v) is 2.19. The zero-order valence-electron chi connectivity index (χ0n) is 8.82. The SMILES string of the molecule is NCN(CC1CCC1)c1ccc(Br)cc1. The minimum Gasteiger partial charge on any atom is -0.359 e. The molecule has 0 heterocycles. The number of anilines is 1. The van der Waals surface area contributed by atoms with Gasteiger partial charge in [0.2, 0.25) is 0 Å². The van der Waals surface area contributed by atoms with Gasteiger partial charge in [-0.1, -0.05) is 22.4 Å². The van der Waals surface area contributed by atoms with Crippen molar-refractivity contribution < 1.29 is 0 Å². The van der Waals surface area contributed by atoms with Crippen LogP contribution in [0.5, 0.6) is 0 Å². The molecule has 2 rings (SSSR count). The fourth-order valence-electron chi connectivity index (χ4n) is 1.92. The maximum Gasteiger partial charge on any atom is 0.0657 e. The summed E-state index contributed by atoms with van der Waals surface area (Å²) >= 11 is 3.44. The Hall–Kier alpha value is -0.540. The van der Waals surface area contributed by atoms with Crippen LogP contribution in [-0.2, 0) is 0 Å². The van der Waals surface area contributed by atoms with Crippen molar-refractivity contribution >= 4 is 21.6 Å². The maximum absolute atomic E-state index is 5.78. The van der Waals surface area contributed by atoms with Gasteiger partial charge in [-0.05, 0) is 43.0 Å². The quantitative estimate of drug-likeness (QED) is 0.851. The molecule has 1 aromatic rings. The molecule has 3 heteroatoms. The Bertz CT molecular complexity index is 306. The molecular weight excluding hydrogens is 252 g/mol. The average Bonchev–Trinajstić information content (AvgIpc) is 2.19. The van der Waals surface area contributed by atoms with Crippen LogP contribution in [0.3, 0.4) is 0 Å². The van der Waals surface area contributed by atoms with E-state index in [4.69, 9.17) is 5.73 Å².